The average molecular weight is 324 g/mol. The fourth-order valence-corrected chi connectivity index (χ4v) is 2.94. The number of hydrogen-bond donors (Lipinski definition) is 1. The Morgan fingerprint density at radius 3 is 2.71 bits per heavy atom. The number of aryl methyl sites for hydroxylation is 2. The van der Waals surface area contributed by atoms with Crippen LogP contribution in [0.2, 0.25) is 0 Å². The second kappa shape index (κ2) is 6.23. The summed E-state index contributed by atoms with van der Waals surface area (Å²) in [5, 5.41) is 2.96. The third kappa shape index (κ3) is 3.55. The molecule has 1 aromatic heterocycles. The van der Waals surface area contributed by atoms with E-state index >= 15 is 0 Å². The molecule has 1 aliphatic rings. The number of carbonyl (C=O) groups is 1. The van der Waals surface area contributed by atoms with Gasteiger partial charge in [0.15, 0.2) is 0 Å². The van der Waals surface area contributed by atoms with E-state index in [0.717, 1.165) is 30.8 Å². The van der Waals surface area contributed by atoms with Crippen molar-refractivity contribution in [2.75, 3.05) is 11.4 Å². The molecule has 0 saturated carbocycles. The fourth-order valence-electron chi connectivity index (χ4n) is 2.94. The van der Waals surface area contributed by atoms with Gasteiger partial charge in [0.2, 0.25) is 5.95 Å². The van der Waals surface area contributed by atoms with Crippen molar-refractivity contribution in [3.05, 3.63) is 47.3 Å². The predicted octanol–water partition coefficient (Wildman–Crippen LogP) is 3.40. The molecule has 3 rings (SSSR count). The number of carbonyl (C=O) groups excluding carboxylic acids is 1. The topological polar surface area (TPSA) is 58.1 Å². The summed E-state index contributed by atoms with van der Waals surface area (Å²) >= 11 is 0. The molecule has 0 saturated heterocycles. The van der Waals surface area contributed by atoms with Crippen molar-refractivity contribution in [1.29, 1.82) is 0 Å². The van der Waals surface area contributed by atoms with Crippen LogP contribution in [0, 0.1) is 6.92 Å². The number of para-hydroxylation sites is 1. The molecule has 0 atom stereocenters. The lowest BCUT2D eigenvalue weighted by atomic mass is 10.0. The maximum Gasteiger partial charge on any atom is 0.270 e. The fraction of sp³-hybridized carbons (Fsp3) is 0.421. The Bertz CT molecular complexity index is 764. The number of anilines is 2. The van der Waals surface area contributed by atoms with Gasteiger partial charge in [0.1, 0.15) is 5.69 Å². The monoisotopic (exact) mass is 324 g/mol. The minimum Gasteiger partial charge on any atom is -0.346 e. The van der Waals surface area contributed by atoms with Crippen molar-refractivity contribution in [3.63, 3.8) is 0 Å². The normalized spacial score (nSPS) is 14.2. The van der Waals surface area contributed by atoms with Crippen LogP contribution in [0.4, 0.5) is 11.6 Å². The van der Waals surface area contributed by atoms with Gasteiger partial charge in [-0.3, -0.25) is 4.79 Å². The predicted molar refractivity (Wildman–Crippen MR) is 95.8 cm³/mol. The van der Waals surface area contributed by atoms with Gasteiger partial charge in [0.25, 0.3) is 5.91 Å². The Kier molecular flexibility index (Phi) is 4.26. The van der Waals surface area contributed by atoms with Crippen molar-refractivity contribution in [2.45, 2.75) is 46.1 Å². The molecule has 2 aromatic rings. The third-order valence-electron chi connectivity index (χ3n) is 3.92. The van der Waals surface area contributed by atoms with Crippen LogP contribution in [0.15, 0.2) is 30.3 Å². The van der Waals surface area contributed by atoms with Gasteiger partial charge in [0.05, 0.1) is 0 Å². The molecule has 0 fully saturated rings. The highest BCUT2D eigenvalue weighted by molar-refractivity contribution is 5.93. The highest BCUT2D eigenvalue weighted by Gasteiger charge is 2.23. The first-order valence-corrected chi connectivity index (χ1v) is 8.37. The Hall–Kier alpha value is -2.43. The molecule has 126 valence electrons. The lowest BCUT2D eigenvalue weighted by Gasteiger charge is -2.30. The molecule has 1 aliphatic heterocycles. The Morgan fingerprint density at radius 1 is 1.21 bits per heavy atom. The summed E-state index contributed by atoms with van der Waals surface area (Å²) in [4.78, 5) is 23.7. The standard InChI is InChI=1S/C19H24N4O/c1-13-12-15(17(24)22-19(2,3)4)21-18(20-13)23-11-7-9-14-8-5-6-10-16(14)23/h5-6,8,10,12H,7,9,11H2,1-4H3,(H,22,24). The van der Waals surface area contributed by atoms with E-state index in [4.69, 9.17) is 0 Å². The number of fused-ring (bicyclic) bond motifs is 1. The third-order valence-corrected chi connectivity index (χ3v) is 3.92. The number of aromatic nitrogens is 2. The number of amides is 1. The van der Waals surface area contributed by atoms with Crippen LogP contribution in [0.1, 0.15) is 48.9 Å². The van der Waals surface area contributed by atoms with Crippen LogP contribution in [0.5, 0.6) is 0 Å². The van der Waals surface area contributed by atoms with Crippen LogP contribution >= 0.6 is 0 Å². The first kappa shape index (κ1) is 16.4. The van der Waals surface area contributed by atoms with Crippen molar-refractivity contribution in [2.24, 2.45) is 0 Å². The number of nitrogens with one attached hydrogen (secondary N) is 1. The molecule has 1 N–H and O–H groups in total. The van der Waals surface area contributed by atoms with Crippen LogP contribution in [0.3, 0.4) is 0 Å². The lowest BCUT2D eigenvalue weighted by molar-refractivity contribution is 0.0914. The average Bonchev–Trinajstić information content (AvgIpc) is 2.52. The summed E-state index contributed by atoms with van der Waals surface area (Å²) in [5.74, 6) is 0.431. The zero-order valence-electron chi connectivity index (χ0n) is 14.8. The van der Waals surface area contributed by atoms with Crippen molar-refractivity contribution < 1.29 is 4.79 Å². The SMILES string of the molecule is Cc1cc(C(=O)NC(C)(C)C)nc(N2CCCc3ccccc32)n1. The van der Waals surface area contributed by atoms with Gasteiger partial charge in [0, 0.05) is 23.5 Å². The summed E-state index contributed by atoms with van der Waals surface area (Å²) in [6, 6.07) is 10.1. The maximum absolute atomic E-state index is 12.5. The largest absolute Gasteiger partial charge is 0.346 e. The van der Waals surface area contributed by atoms with Gasteiger partial charge in [-0.2, -0.15) is 0 Å². The molecule has 5 nitrogen and oxygen atoms in total. The minimum atomic E-state index is -0.298. The Morgan fingerprint density at radius 2 is 1.96 bits per heavy atom. The second-order valence-electron chi connectivity index (χ2n) is 7.28. The second-order valence-corrected chi connectivity index (χ2v) is 7.28. The van der Waals surface area contributed by atoms with E-state index in [9.17, 15) is 4.79 Å². The lowest BCUT2D eigenvalue weighted by Crippen LogP contribution is -2.41. The smallest absolute Gasteiger partial charge is 0.270 e. The molecule has 1 aromatic carbocycles. The molecule has 0 spiro atoms. The number of hydrogen-bond acceptors (Lipinski definition) is 4. The molecular formula is C19H24N4O. The van der Waals surface area contributed by atoms with Gasteiger partial charge in [-0.15, -0.1) is 0 Å². The number of nitrogens with zero attached hydrogens (tertiary/aromatic N) is 3. The molecular weight excluding hydrogens is 300 g/mol. The number of rotatable bonds is 2. The van der Waals surface area contributed by atoms with E-state index in [-0.39, 0.29) is 11.4 Å². The van der Waals surface area contributed by atoms with Crippen molar-refractivity contribution >= 4 is 17.5 Å². The van der Waals surface area contributed by atoms with Crippen molar-refractivity contribution in [3.8, 4) is 0 Å². The summed E-state index contributed by atoms with van der Waals surface area (Å²) in [5.41, 5.74) is 3.34. The quantitative estimate of drug-likeness (QED) is 0.920. The molecule has 0 bridgehead atoms. The molecule has 2 heterocycles. The highest BCUT2D eigenvalue weighted by atomic mass is 16.2. The van der Waals surface area contributed by atoms with Gasteiger partial charge >= 0.3 is 0 Å². The zero-order chi connectivity index (χ0) is 17.3. The Balaban J connectivity index is 1.97. The van der Waals surface area contributed by atoms with Crippen LogP contribution in [0.25, 0.3) is 0 Å². The first-order chi connectivity index (χ1) is 11.3. The molecule has 5 heteroatoms. The van der Waals surface area contributed by atoms with E-state index < -0.39 is 0 Å². The van der Waals surface area contributed by atoms with E-state index in [1.807, 2.05) is 33.8 Å². The summed E-state index contributed by atoms with van der Waals surface area (Å²) < 4.78 is 0. The molecule has 24 heavy (non-hydrogen) atoms. The first-order valence-electron chi connectivity index (χ1n) is 8.37. The van der Waals surface area contributed by atoms with Crippen LogP contribution in [-0.4, -0.2) is 28.0 Å². The van der Waals surface area contributed by atoms with Crippen LogP contribution < -0.4 is 10.2 Å². The molecule has 1 amide bonds. The van der Waals surface area contributed by atoms with Crippen LogP contribution in [-0.2, 0) is 6.42 Å². The van der Waals surface area contributed by atoms with E-state index in [0.29, 0.717) is 11.6 Å². The highest BCUT2D eigenvalue weighted by Crippen LogP contribution is 2.31. The van der Waals surface area contributed by atoms with E-state index in [1.54, 1.807) is 6.07 Å². The summed E-state index contributed by atoms with van der Waals surface area (Å²) in [7, 11) is 0. The van der Waals surface area contributed by atoms with Gasteiger partial charge in [-0.25, -0.2) is 9.97 Å². The summed E-state index contributed by atoms with van der Waals surface area (Å²) in [6.07, 6.45) is 2.12. The zero-order valence-corrected chi connectivity index (χ0v) is 14.8. The van der Waals surface area contributed by atoms with Gasteiger partial charge < -0.3 is 10.2 Å². The number of benzene rings is 1. The summed E-state index contributed by atoms with van der Waals surface area (Å²) in [6.45, 7) is 8.64. The minimum absolute atomic E-state index is 0.167. The van der Waals surface area contributed by atoms with E-state index in [1.165, 1.54) is 5.56 Å². The van der Waals surface area contributed by atoms with Gasteiger partial charge in [-0.05, 0) is 58.2 Å². The Labute approximate surface area is 143 Å². The molecule has 0 radical (unpaired) electrons. The van der Waals surface area contributed by atoms with Gasteiger partial charge in [-0.1, -0.05) is 18.2 Å². The maximum atomic E-state index is 12.5. The molecule has 0 aliphatic carbocycles. The van der Waals surface area contributed by atoms with Crippen molar-refractivity contribution in [1.82, 2.24) is 15.3 Å². The molecule has 0 unspecified atom stereocenters. The van der Waals surface area contributed by atoms with E-state index in [2.05, 4.69) is 38.4 Å².